The second-order valence-corrected chi connectivity index (χ2v) is 10.6. The lowest BCUT2D eigenvalue weighted by Crippen LogP contribution is -2.30. The average Bonchev–Trinajstić information content (AvgIpc) is 2.88. The van der Waals surface area contributed by atoms with Crippen LogP contribution in [0, 0.1) is 13.8 Å². The van der Waals surface area contributed by atoms with Gasteiger partial charge >= 0.3 is 0 Å². The molecule has 0 aliphatic carbocycles. The first-order chi connectivity index (χ1) is 17.8. The Morgan fingerprint density at radius 2 is 1.62 bits per heavy atom. The molecule has 8 nitrogen and oxygen atoms in total. The number of amides is 1. The number of nitrogens with one attached hydrogen (secondary N) is 2. The van der Waals surface area contributed by atoms with E-state index in [0.29, 0.717) is 12.1 Å². The lowest BCUT2D eigenvalue weighted by atomic mass is 10.00. The van der Waals surface area contributed by atoms with Gasteiger partial charge in [-0.05, 0) is 48.7 Å². The zero-order valence-corrected chi connectivity index (χ0v) is 21.2. The summed E-state index contributed by atoms with van der Waals surface area (Å²) >= 11 is 0. The normalized spacial score (nSPS) is 17.0. The summed E-state index contributed by atoms with van der Waals surface area (Å²) in [6, 6.07) is 22.7. The van der Waals surface area contributed by atoms with Crippen molar-refractivity contribution in [2.45, 2.75) is 31.2 Å². The van der Waals surface area contributed by atoms with E-state index < -0.39 is 10.0 Å². The molecule has 2 heterocycles. The Balaban J connectivity index is 1.62. The molecule has 0 saturated heterocycles. The summed E-state index contributed by atoms with van der Waals surface area (Å²) in [7, 11) is -4.09. The number of carbonyl (C=O) groups excluding carboxylic acids is 1. The largest absolute Gasteiger partial charge is 0.477 e. The van der Waals surface area contributed by atoms with Crippen LogP contribution >= 0.6 is 0 Å². The van der Waals surface area contributed by atoms with Crippen molar-refractivity contribution < 1.29 is 17.9 Å². The number of aryl methyl sites for hydroxylation is 2. The van der Waals surface area contributed by atoms with E-state index in [2.05, 4.69) is 20.0 Å². The number of ether oxygens (including phenoxy) is 1. The quantitative estimate of drug-likeness (QED) is 0.397. The average molecular weight is 515 g/mol. The monoisotopic (exact) mass is 514 g/mol. The fourth-order valence-electron chi connectivity index (χ4n) is 4.41. The molecule has 2 N–H and O–H groups in total. The summed E-state index contributed by atoms with van der Waals surface area (Å²) in [5, 5.41) is 3.02. The molecule has 0 unspecified atom stereocenters. The number of rotatable bonds is 2. The molecular formula is C28H26N4O4S. The third kappa shape index (κ3) is 5.31. The van der Waals surface area contributed by atoms with E-state index in [1.807, 2.05) is 62.4 Å². The fraction of sp³-hybridized carbons (Fsp3) is 0.179. The molecule has 0 radical (unpaired) electrons. The number of benzene rings is 3. The lowest BCUT2D eigenvalue weighted by Gasteiger charge is -2.20. The minimum Gasteiger partial charge on any atom is -0.477 e. The highest BCUT2D eigenvalue weighted by molar-refractivity contribution is 7.92. The molecule has 1 atom stereocenters. The summed E-state index contributed by atoms with van der Waals surface area (Å²) in [4.78, 5) is 21.9. The van der Waals surface area contributed by atoms with Crippen LogP contribution in [0.2, 0.25) is 0 Å². The van der Waals surface area contributed by atoms with Gasteiger partial charge < -0.3 is 10.1 Å². The summed E-state index contributed by atoms with van der Waals surface area (Å²) in [5.41, 5.74) is 4.56. The lowest BCUT2D eigenvalue weighted by molar-refractivity contribution is 0.0930. The molecular weight excluding hydrogens is 488 g/mol. The smallest absolute Gasteiger partial charge is 0.264 e. The molecule has 37 heavy (non-hydrogen) atoms. The van der Waals surface area contributed by atoms with Crippen LogP contribution in [-0.4, -0.2) is 30.9 Å². The molecule has 4 bridgehead atoms. The first-order valence-corrected chi connectivity index (χ1v) is 13.4. The molecule has 1 aromatic heterocycles. The van der Waals surface area contributed by atoms with Crippen molar-refractivity contribution in [3.63, 3.8) is 0 Å². The minimum atomic E-state index is -4.09. The van der Waals surface area contributed by atoms with E-state index in [4.69, 9.17) is 4.74 Å². The topological polar surface area (TPSA) is 110 Å². The molecule has 4 aromatic rings. The van der Waals surface area contributed by atoms with Crippen molar-refractivity contribution in [1.82, 2.24) is 15.3 Å². The maximum absolute atomic E-state index is 13.3. The van der Waals surface area contributed by atoms with Crippen molar-refractivity contribution in [2.24, 2.45) is 0 Å². The van der Waals surface area contributed by atoms with E-state index in [1.165, 1.54) is 18.2 Å². The SMILES string of the molecule is Cc1cccc(C)c1-c1cc2nc(n1)NS(=O)(=O)c1cccc(c1)C(=O)N[C@@H](c1ccccc1)CCO2. The number of aromatic nitrogens is 2. The van der Waals surface area contributed by atoms with Gasteiger partial charge in [0, 0.05) is 23.6 Å². The Bertz CT molecular complexity index is 1550. The summed E-state index contributed by atoms with van der Waals surface area (Å²) < 4.78 is 35.0. The van der Waals surface area contributed by atoms with Gasteiger partial charge in [-0.1, -0.05) is 54.6 Å². The highest BCUT2D eigenvalue weighted by Gasteiger charge is 2.22. The van der Waals surface area contributed by atoms with Gasteiger partial charge in [0.15, 0.2) is 0 Å². The molecule has 3 aromatic carbocycles. The molecule has 0 spiro atoms. The van der Waals surface area contributed by atoms with Crippen LogP contribution in [0.15, 0.2) is 83.8 Å². The highest BCUT2D eigenvalue weighted by Crippen LogP contribution is 2.30. The zero-order chi connectivity index (χ0) is 26.0. The van der Waals surface area contributed by atoms with Crippen LogP contribution in [0.4, 0.5) is 5.95 Å². The molecule has 5 rings (SSSR count). The van der Waals surface area contributed by atoms with Crippen molar-refractivity contribution in [3.05, 3.63) is 101 Å². The van der Waals surface area contributed by atoms with Gasteiger partial charge in [-0.15, -0.1) is 0 Å². The Labute approximate surface area is 215 Å². The number of sulfonamides is 1. The first-order valence-electron chi connectivity index (χ1n) is 11.9. The van der Waals surface area contributed by atoms with Crippen LogP contribution in [-0.2, 0) is 10.0 Å². The minimum absolute atomic E-state index is 0.0722. The van der Waals surface area contributed by atoms with Gasteiger partial charge in [0.1, 0.15) is 0 Å². The predicted molar refractivity (Wildman–Crippen MR) is 141 cm³/mol. The Hall–Kier alpha value is -4.24. The van der Waals surface area contributed by atoms with Gasteiger partial charge in [0.05, 0.1) is 23.2 Å². The zero-order valence-electron chi connectivity index (χ0n) is 20.4. The fourth-order valence-corrected chi connectivity index (χ4v) is 5.39. The summed E-state index contributed by atoms with van der Waals surface area (Å²) in [5.74, 6) is -0.258. The molecule has 1 aliphatic heterocycles. The number of hydrogen-bond acceptors (Lipinski definition) is 6. The Kier molecular flexibility index (Phi) is 6.62. The van der Waals surface area contributed by atoms with Gasteiger partial charge in [0.2, 0.25) is 11.8 Å². The van der Waals surface area contributed by atoms with Crippen LogP contribution in [0.3, 0.4) is 0 Å². The predicted octanol–water partition coefficient (Wildman–Crippen LogP) is 4.81. The van der Waals surface area contributed by atoms with Crippen molar-refractivity contribution in [2.75, 3.05) is 11.3 Å². The third-order valence-corrected chi connectivity index (χ3v) is 7.56. The van der Waals surface area contributed by atoms with Crippen molar-refractivity contribution in [3.8, 4) is 17.1 Å². The van der Waals surface area contributed by atoms with Crippen LogP contribution < -0.4 is 14.8 Å². The van der Waals surface area contributed by atoms with Crippen LogP contribution in [0.1, 0.15) is 39.5 Å². The van der Waals surface area contributed by atoms with Gasteiger partial charge in [-0.3, -0.25) is 4.79 Å². The first kappa shape index (κ1) is 24.5. The molecule has 0 fully saturated rings. The second kappa shape index (κ2) is 10.0. The van der Waals surface area contributed by atoms with Gasteiger partial charge in [-0.25, -0.2) is 18.1 Å². The standard InChI is InChI=1S/C28H26N4O4S/c1-18-8-6-9-19(2)26(18)24-17-25-31-28(30-24)32-37(34,35)22-13-7-12-21(16-22)27(33)29-23(14-15-36-25)20-10-4-3-5-11-20/h3-13,16-17,23H,14-15H2,1-2H3,(H,29,33)(H,30,31,32)/t23-/m1/s1. The molecule has 9 heteroatoms. The van der Waals surface area contributed by atoms with E-state index in [9.17, 15) is 13.2 Å². The summed E-state index contributed by atoms with van der Waals surface area (Å²) in [6.45, 7) is 4.17. The number of anilines is 1. The van der Waals surface area contributed by atoms with E-state index in [-0.39, 0.29) is 40.8 Å². The Morgan fingerprint density at radius 3 is 2.38 bits per heavy atom. The summed E-state index contributed by atoms with van der Waals surface area (Å²) in [6.07, 6.45) is 0.471. The number of carbonyl (C=O) groups is 1. The Morgan fingerprint density at radius 1 is 0.892 bits per heavy atom. The molecule has 1 amide bonds. The van der Waals surface area contributed by atoms with E-state index >= 15 is 0 Å². The maximum atomic E-state index is 13.3. The maximum Gasteiger partial charge on any atom is 0.264 e. The van der Waals surface area contributed by atoms with Gasteiger partial charge in [-0.2, -0.15) is 4.98 Å². The second-order valence-electron chi connectivity index (χ2n) is 8.89. The van der Waals surface area contributed by atoms with Crippen molar-refractivity contribution in [1.29, 1.82) is 0 Å². The number of nitrogens with zero attached hydrogens (tertiary/aromatic N) is 2. The van der Waals surface area contributed by atoms with Crippen LogP contribution in [0.5, 0.6) is 5.88 Å². The molecule has 0 saturated carbocycles. The van der Waals surface area contributed by atoms with Gasteiger partial charge in [0.25, 0.3) is 15.9 Å². The number of fused-ring (bicyclic) bond motifs is 4. The van der Waals surface area contributed by atoms with Crippen molar-refractivity contribution >= 4 is 21.9 Å². The molecule has 188 valence electrons. The molecule has 1 aliphatic rings. The number of hydrogen-bond donors (Lipinski definition) is 2. The van der Waals surface area contributed by atoms with E-state index in [1.54, 1.807) is 12.1 Å². The highest BCUT2D eigenvalue weighted by atomic mass is 32.2. The van der Waals surface area contributed by atoms with E-state index in [0.717, 1.165) is 22.3 Å². The van der Waals surface area contributed by atoms with Crippen LogP contribution in [0.25, 0.3) is 11.3 Å². The third-order valence-electron chi connectivity index (χ3n) is 6.24.